The van der Waals surface area contributed by atoms with Crippen molar-refractivity contribution < 1.29 is 9.59 Å². The van der Waals surface area contributed by atoms with Crippen molar-refractivity contribution in [2.45, 2.75) is 13.8 Å². The molecule has 118 valence electrons. The number of rotatable bonds is 3. The summed E-state index contributed by atoms with van der Waals surface area (Å²) in [6.45, 7) is 3.76. The highest BCUT2D eigenvalue weighted by molar-refractivity contribution is 6.39. The predicted molar refractivity (Wildman–Crippen MR) is 91.7 cm³/mol. The molecular weight excluding hydrogens is 314 g/mol. The Morgan fingerprint density at radius 3 is 2.43 bits per heavy atom. The molecule has 2 amide bonds. The van der Waals surface area contributed by atoms with Crippen LogP contribution in [0.1, 0.15) is 16.7 Å². The van der Waals surface area contributed by atoms with Gasteiger partial charge in [-0.15, -0.1) is 0 Å². The van der Waals surface area contributed by atoms with E-state index in [0.717, 1.165) is 16.7 Å². The minimum absolute atomic E-state index is 0.604. The molecule has 0 aliphatic carbocycles. The maximum atomic E-state index is 11.8. The fourth-order valence-electron chi connectivity index (χ4n) is 1.81. The molecule has 0 bridgehead atoms. The molecule has 0 saturated carbocycles. The quantitative estimate of drug-likeness (QED) is 0.516. The summed E-state index contributed by atoms with van der Waals surface area (Å²) in [5.74, 6) is -1.61. The molecule has 0 spiro atoms. The average molecular weight is 330 g/mol. The molecule has 2 rings (SSSR count). The van der Waals surface area contributed by atoms with Crippen LogP contribution in [0.15, 0.2) is 47.6 Å². The van der Waals surface area contributed by atoms with Crippen LogP contribution in [-0.2, 0) is 9.59 Å². The number of anilines is 1. The van der Waals surface area contributed by atoms with E-state index >= 15 is 0 Å². The number of carbonyl (C=O) groups is 2. The van der Waals surface area contributed by atoms with Crippen LogP contribution < -0.4 is 10.7 Å². The normalized spacial score (nSPS) is 10.6. The van der Waals surface area contributed by atoms with Gasteiger partial charge in [0.2, 0.25) is 0 Å². The number of benzene rings is 2. The van der Waals surface area contributed by atoms with E-state index in [2.05, 4.69) is 15.8 Å². The first-order chi connectivity index (χ1) is 11.0. The zero-order chi connectivity index (χ0) is 16.8. The average Bonchev–Trinajstić information content (AvgIpc) is 2.52. The Morgan fingerprint density at radius 1 is 1.04 bits per heavy atom. The Bertz CT molecular complexity index is 755. The lowest BCUT2D eigenvalue weighted by Crippen LogP contribution is -2.32. The van der Waals surface area contributed by atoms with Crippen LogP contribution in [0.2, 0.25) is 5.02 Å². The van der Waals surface area contributed by atoms with Gasteiger partial charge in [0.25, 0.3) is 0 Å². The van der Waals surface area contributed by atoms with E-state index in [1.807, 2.05) is 26.0 Å². The van der Waals surface area contributed by atoms with Gasteiger partial charge in [0.05, 0.1) is 6.21 Å². The molecule has 0 aliphatic rings. The number of hydrogen-bond donors (Lipinski definition) is 2. The third-order valence-electron chi connectivity index (χ3n) is 3.10. The number of amides is 2. The van der Waals surface area contributed by atoms with Gasteiger partial charge in [-0.2, -0.15) is 5.10 Å². The number of nitrogens with one attached hydrogen (secondary N) is 2. The van der Waals surface area contributed by atoms with Crippen molar-refractivity contribution in [3.63, 3.8) is 0 Å². The summed E-state index contributed by atoms with van der Waals surface area (Å²) in [6, 6.07) is 12.5. The van der Waals surface area contributed by atoms with Gasteiger partial charge in [-0.3, -0.25) is 9.59 Å². The second kappa shape index (κ2) is 7.56. The van der Waals surface area contributed by atoms with Crippen molar-refractivity contribution >= 4 is 35.3 Å². The molecule has 0 aromatic heterocycles. The standard InChI is InChI=1S/C17H16ClN3O2/c1-11-3-4-12(2)15(9-11)20-16(22)17(23)21-19-10-13-5-7-14(18)8-6-13/h3-10H,1-2H3,(H,20,22)(H,21,23)/b19-10-. The lowest BCUT2D eigenvalue weighted by Gasteiger charge is -2.08. The molecule has 0 fully saturated rings. The molecule has 0 radical (unpaired) electrons. The second-order valence-corrected chi connectivity index (χ2v) is 5.46. The molecule has 0 aliphatic heterocycles. The van der Waals surface area contributed by atoms with Crippen molar-refractivity contribution in [3.05, 3.63) is 64.2 Å². The lowest BCUT2D eigenvalue weighted by atomic mass is 10.1. The van der Waals surface area contributed by atoms with Gasteiger partial charge in [-0.25, -0.2) is 5.43 Å². The van der Waals surface area contributed by atoms with Gasteiger partial charge in [0.15, 0.2) is 0 Å². The second-order valence-electron chi connectivity index (χ2n) is 5.02. The minimum Gasteiger partial charge on any atom is -0.317 e. The van der Waals surface area contributed by atoms with Crippen molar-refractivity contribution in [1.82, 2.24) is 5.43 Å². The topological polar surface area (TPSA) is 70.6 Å². The fraction of sp³-hybridized carbons (Fsp3) is 0.118. The van der Waals surface area contributed by atoms with Crippen molar-refractivity contribution in [1.29, 1.82) is 0 Å². The molecule has 2 aromatic rings. The van der Waals surface area contributed by atoms with Gasteiger partial charge in [0, 0.05) is 10.7 Å². The third-order valence-corrected chi connectivity index (χ3v) is 3.35. The van der Waals surface area contributed by atoms with Crippen LogP contribution in [-0.4, -0.2) is 18.0 Å². The first-order valence-electron chi connectivity index (χ1n) is 6.93. The SMILES string of the molecule is Cc1ccc(C)c(NC(=O)C(=O)N/N=C\c2ccc(Cl)cc2)c1. The molecule has 6 heteroatoms. The zero-order valence-corrected chi connectivity index (χ0v) is 13.5. The maximum absolute atomic E-state index is 11.8. The highest BCUT2D eigenvalue weighted by Gasteiger charge is 2.13. The van der Waals surface area contributed by atoms with Crippen molar-refractivity contribution in [2.75, 3.05) is 5.32 Å². The molecule has 0 unspecified atom stereocenters. The Labute approximate surface area is 139 Å². The smallest absolute Gasteiger partial charge is 0.317 e. The molecule has 0 heterocycles. The molecule has 5 nitrogen and oxygen atoms in total. The van der Waals surface area contributed by atoms with E-state index in [1.165, 1.54) is 6.21 Å². The highest BCUT2D eigenvalue weighted by atomic mass is 35.5. The third kappa shape index (κ3) is 4.93. The van der Waals surface area contributed by atoms with E-state index in [-0.39, 0.29) is 0 Å². The van der Waals surface area contributed by atoms with E-state index in [0.29, 0.717) is 10.7 Å². The van der Waals surface area contributed by atoms with Crippen molar-refractivity contribution in [2.24, 2.45) is 5.10 Å². The molecule has 2 N–H and O–H groups in total. The Kier molecular flexibility index (Phi) is 5.49. The van der Waals surface area contributed by atoms with Gasteiger partial charge in [-0.1, -0.05) is 35.9 Å². The van der Waals surface area contributed by atoms with Crippen molar-refractivity contribution in [3.8, 4) is 0 Å². The van der Waals surface area contributed by atoms with Crippen LogP contribution in [0, 0.1) is 13.8 Å². The Morgan fingerprint density at radius 2 is 1.74 bits per heavy atom. The monoisotopic (exact) mass is 329 g/mol. The number of aryl methyl sites for hydroxylation is 2. The zero-order valence-electron chi connectivity index (χ0n) is 12.8. The molecular formula is C17H16ClN3O2. The summed E-state index contributed by atoms with van der Waals surface area (Å²) in [5.41, 5.74) is 5.41. The number of hydrogen-bond acceptors (Lipinski definition) is 3. The van der Waals surface area contributed by atoms with Gasteiger partial charge in [0.1, 0.15) is 0 Å². The fourth-order valence-corrected chi connectivity index (χ4v) is 1.94. The number of carbonyl (C=O) groups excluding carboxylic acids is 2. The van der Waals surface area contributed by atoms with Gasteiger partial charge < -0.3 is 5.32 Å². The van der Waals surface area contributed by atoms with E-state index in [9.17, 15) is 9.59 Å². The largest absolute Gasteiger partial charge is 0.329 e. The van der Waals surface area contributed by atoms with E-state index < -0.39 is 11.8 Å². The first-order valence-corrected chi connectivity index (χ1v) is 7.31. The Balaban J connectivity index is 1.93. The van der Waals surface area contributed by atoms with Crippen LogP contribution in [0.25, 0.3) is 0 Å². The number of halogens is 1. The molecule has 2 aromatic carbocycles. The van der Waals surface area contributed by atoms with Crippen LogP contribution in [0.3, 0.4) is 0 Å². The molecule has 23 heavy (non-hydrogen) atoms. The predicted octanol–water partition coefficient (Wildman–Crippen LogP) is 3.05. The minimum atomic E-state index is -0.837. The van der Waals surface area contributed by atoms with Crippen LogP contribution in [0.4, 0.5) is 5.69 Å². The first kappa shape index (κ1) is 16.7. The summed E-state index contributed by atoms with van der Waals surface area (Å²) in [7, 11) is 0. The summed E-state index contributed by atoms with van der Waals surface area (Å²) < 4.78 is 0. The van der Waals surface area contributed by atoms with Gasteiger partial charge in [-0.05, 0) is 48.7 Å². The molecule has 0 saturated heterocycles. The summed E-state index contributed by atoms with van der Waals surface area (Å²) in [4.78, 5) is 23.6. The number of hydrazone groups is 1. The summed E-state index contributed by atoms with van der Waals surface area (Å²) in [6.07, 6.45) is 1.43. The number of nitrogens with zero attached hydrogens (tertiary/aromatic N) is 1. The highest BCUT2D eigenvalue weighted by Crippen LogP contribution is 2.16. The summed E-state index contributed by atoms with van der Waals surface area (Å²) in [5, 5.41) is 6.92. The van der Waals surface area contributed by atoms with Gasteiger partial charge >= 0.3 is 11.8 Å². The Hall–Kier alpha value is -2.66. The van der Waals surface area contributed by atoms with E-state index in [1.54, 1.807) is 30.3 Å². The molecule has 0 atom stereocenters. The maximum Gasteiger partial charge on any atom is 0.329 e. The van der Waals surface area contributed by atoms with E-state index in [4.69, 9.17) is 11.6 Å². The lowest BCUT2D eigenvalue weighted by molar-refractivity contribution is -0.136. The van der Waals surface area contributed by atoms with Crippen LogP contribution >= 0.6 is 11.6 Å². The van der Waals surface area contributed by atoms with Crippen LogP contribution in [0.5, 0.6) is 0 Å². The summed E-state index contributed by atoms with van der Waals surface area (Å²) >= 11 is 5.77.